The molecule has 7 nitrogen and oxygen atoms in total. The Labute approximate surface area is 221 Å². The molecular formula is C27H30ClN3O4S. The molecule has 0 unspecified atom stereocenters. The molecule has 1 heterocycles. The van der Waals surface area contributed by atoms with Gasteiger partial charge in [-0.1, -0.05) is 35.6 Å². The minimum absolute atomic E-state index is 0. The lowest BCUT2D eigenvalue weighted by atomic mass is 10.2. The molecule has 0 aliphatic carbocycles. The number of halogens is 1. The van der Waals surface area contributed by atoms with Crippen molar-refractivity contribution < 1.29 is 19.0 Å². The summed E-state index contributed by atoms with van der Waals surface area (Å²) in [6, 6.07) is 20.5. The fourth-order valence-electron chi connectivity index (χ4n) is 3.66. The number of anilines is 1. The molecule has 190 valence electrons. The minimum Gasteiger partial charge on any atom is -0.493 e. The van der Waals surface area contributed by atoms with E-state index in [2.05, 4.69) is 4.90 Å². The van der Waals surface area contributed by atoms with Crippen molar-refractivity contribution in [3.8, 4) is 23.0 Å². The van der Waals surface area contributed by atoms with Crippen LogP contribution < -0.4 is 19.1 Å². The number of rotatable bonds is 10. The Morgan fingerprint density at radius 1 is 0.889 bits per heavy atom. The molecule has 36 heavy (non-hydrogen) atoms. The third-order valence-corrected chi connectivity index (χ3v) is 6.45. The summed E-state index contributed by atoms with van der Waals surface area (Å²) in [4.78, 5) is 22.3. The van der Waals surface area contributed by atoms with Crippen molar-refractivity contribution in [3.63, 3.8) is 0 Å². The minimum atomic E-state index is -0.125. The van der Waals surface area contributed by atoms with Gasteiger partial charge < -0.3 is 19.1 Å². The Hall–Kier alpha value is -3.33. The summed E-state index contributed by atoms with van der Waals surface area (Å²) in [5.74, 6) is 2.43. The largest absolute Gasteiger partial charge is 0.493 e. The maximum Gasteiger partial charge on any atom is 0.260 e. The second-order valence-corrected chi connectivity index (χ2v) is 9.24. The molecule has 0 fully saturated rings. The van der Waals surface area contributed by atoms with E-state index >= 15 is 0 Å². The number of fused-ring (bicyclic) bond motifs is 1. The smallest absolute Gasteiger partial charge is 0.260 e. The highest BCUT2D eigenvalue weighted by molar-refractivity contribution is 7.22. The van der Waals surface area contributed by atoms with Gasteiger partial charge in [-0.15, -0.1) is 12.4 Å². The van der Waals surface area contributed by atoms with Crippen LogP contribution in [-0.2, 0) is 0 Å². The van der Waals surface area contributed by atoms with Crippen LogP contribution in [0, 0.1) is 0 Å². The quantitative estimate of drug-likeness (QED) is 0.247. The third kappa shape index (κ3) is 6.46. The van der Waals surface area contributed by atoms with Crippen LogP contribution in [0.4, 0.5) is 5.13 Å². The van der Waals surface area contributed by atoms with E-state index in [0.29, 0.717) is 40.2 Å². The Bertz CT molecular complexity index is 1260. The number of ether oxygens (including phenoxy) is 3. The van der Waals surface area contributed by atoms with Crippen LogP contribution in [0.15, 0.2) is 66.7 Å². The van der Waals surface area contributed by atoms with Gasteiger partial charge in [0.15, 0.2) is 16.6 Å². The Morgan fingerprint density at radius 3 is 2.28 bits per heavy atom. The highest BCUT2D eigenvalue weighted by atomic mass is 35.5. The second-order valence-electron chi connectivity index (χ2n) is 8.23. The molecule has 0 saturated heterocycles. The van der Waals surface area contributed by atoms with E-state index in [-0.39, 0.29) is 18.3 Å². The molecule has 0 atom stereocenters. The molecular weight excluding hydrogens is 498 g/mol. The Kier molecular flexibility index (Phi) is 9.52. The van der Waals surface area contributed by atoms with E-state index < -0.39 is 0 Å². The van der Waals surface area contributed by atoms with Gasteiger partial charge in [0, 0.05) is 24.2 Å². The fourth-order valence-corrected chi connectivity index (χ4v) is 4.66. The maximum atomic E-state index is 13.7. The van der Waals surface area contributed by atoms with Crippen LogP contribution in [0.1, 0.15) is 16.8 Å². The molecule has 0 N–H and O–H groups in total. The molecule has 0 bridgehead atoms. The first-order valence-electron chi connectivity index (χ1n) is 11.3. The summed E-state index contributed by atoms with van der Waals surface area (Å²) in [5.41, 5.74) is 1.30. The van der Waals surface area contributed by atoms with Crippen molar-refractivity contribution in [1.29, 1.82) is 0 Å². The van der Waals surface area contributed by atoms with Gasteiger partial charge in [0.2, 0.25) is 0 Å². The van der Waals surface area contributed by atoms with Crippen molar-refractivity contribution in [2.45, 2.75) is 6.42 Å². The standard InChI is InChI=1S/C27H29N3O4S.ClH/c1-29(2)14-9-15-30(27-28-22-17-23(32-3)24(33-4)18-25(22)35-27)26(31)19-10-8-13-21(16-19)34-20-11-6-5-7-12-20;/h5-8,10-13,16-18H,9,14-15H2,1-4H3;1H. The highest BCUT2D eigenvalue weighted by Crippen LogP contribution is 2.37. The average molecular weight is 528 g/mol. The summed E-state index contributed by atoms with van der Waals surface area (Å²) in [6.07, 6.45) is 0.807. The van der Waals surface area contributed by atoms with E-state index in [1.165, 1.54) is 11.3 Å². The number of hydrogen-bond acceptors (Lipinski definition) is 7. The Balaban J connectivity index is 0.00000361. The molecule has 4 aromatic rings. The van der Waals surface area contributed by atoms with Crippen molar-refractivity contribution >= 4 is 45.0 Å². The number of methoxy groups -OCH3 is 2. The molecule has 4 rings (SSSR count). The van der Waals surface area contributed by atoms with E-state index in [9.17, 15) is 4.79 Å². The maximum absolute atomic E-state index is 13.7. The Morgan fingerprint density at radius 2 is 1.58 bits per heavy atom. The predicted octanol–water partition coefficient (Wildman–Crippen LogP) is 6.13. The molecule has 1 amide bonds. The van der Waals surface area contributed by atoms with Crippen LogP contribution in [0.5, 0.6) is 23.0 Å². The number of thiazole rings is 1. The lowest BCUT2D eigenvalue weighted by Gasteiger charge is -2.21. The van der Waals surface area contributed by atoms with Gasteiger partial charge in [0.05, 0.1) is 24.4 Å². The van der Waals surface area contributed by atoms with Gasteiger partial charge in [0.1, 0.15) is 11.5 Å². The zero-order valence-corrected chi connectivity index (χ0v) is 22.4. The van der Waals surface area contributed by atoms with E-state index in [4.69, 9.17) is 19.2 Å². The van der Waals surface area contributed by atoms with Crippen LogP contribution >= 0.6 is 23.7 Å². The van der Waals surface area contributed by atoms with E-state index in [0.717, 1.165) is 23.2 Å². The van der Waals surface area contributed by atoms with Gasteiger partial charge in [-0.2, -0.15) is 0 Å². The number of amides is 1. The van der Waals surface area contributed by atoms with Crippen molar-refractivity contribution in [1.82, 2.24) is 9.88 Å². The van der Waals surface area contributed by atoms with Crippen molar-refractivity contribution in [2.24, 2.45) is 0 Å². The average Bonchev–Trinajstić information content (AvgIpc) is 3.28. The topological polar surface area (TPSA) is 64.1 Å². The summed E-state index contributed by atoms with van der Waals surface area (Å²) in [7, 11) is 7.24. The molecule has 3 aromatic carbocycles. The number of aromatic nitrogens is 1. The first kappa shape index (κ1) is 27.3. The number of hydrogen-bond donors (Lipinski definition) is 0. The lowest BCUT2D eigenvalue weighted by molar-refractivity contribution is 0.0985. The normalized spacial score (nSPS) is 10.7. The van der Waals surface area contributed by atoms with Crippen LogP contribution in [0.2, 0.25) is 0 Å². The zero-order valence-electron chi connectivity index (χ0n) is 20.8. The van der Waals surface area contributed by atoms with Gasteiger partial charge >= 0.3 is 0 Å². The SMILES string of the molecule is COc1cc2nc(N(CCCN(C)C)C(=O)c3cccc(Oc4ccccc4)c3)sc2cc1OC.Cl. The summed E-state index contributed by atoms with van der Waals surface area (Å²) in [6.45, 7) is 1.39. The first-order valence-corrected chi connectivity index (χ1v) is 12.1. The number of carbonyl (C=O) groups is 1. The molecule has 1 aromatic heterocycles. The van der Waals surface area contributed by atoms with Gasteiger partial charge in [0.25, 0.3) is 5.91 Å². The number of benzene rings is 3. The monoisotopic (exact) mass is 527 g/mol. The van der Waals surface area contributed by atoms with Gasteiger partial charge in [-0.25, -0.2) is 4.98 Å². The van der Waals surface area contributed by atoms with Crippen molar-refractivity contribution in [2.75, 3.05) is 46.3 Å². The van der Waals surface area contributed by atoms with E-state index in [1.54, 1.807) is 31.3 Å². The highest BCUT2D eigenvalue weighted by Gasteiger charge is 2.22. The molecule has 0 aliphatic heterocycles. The third-order valence-electron chi connectivity index (χ3n) is 5.41. The fraction of sp³-hybridized carbons (Fsp3) is 0.259. The van der Waals surface area contributed by atoms with Gasteiger partial charge in [-0.3, -0.25) is 9.69 Å². The summed E-state index contributed by atoms with van der Waals surface area (Å²) in [5, 5.41) is 0.633. The molecule has 0 saturated carbocycles. The van der Waals surface area contributed by atoms with Crippen LogP contribution in [-0.4, -0.2) is 57.2 Å². The van der Waals surface area contributed by atoms with Crippen molar-refractivity contribution in [3.05, 3.63) is 72.3 Å². The van der Waals surface area contributed by atoms with Crippen LogP contribution in [0.25, 0.3) is 10.2 Å². The molecule has 0 radical (unpaired) electrons. The zero-order chi connectivity index (χ0) is 24.8. The molecule has 9 heteroatoms. The number of para-hydroxylation sites is 1. The lowest BCUT2D eigenvalue weighted by Crippen LogP contribution is -2.33. The summed E-state index contributed by atoms with van der Waals surface area (Å²) < 4.78 is 17.7. The van der Waals surface area contributed by atoms with Crippen LogP contribution in [0.3, 0.4) is 0 Å². The van der Waals surface area contributed by atoms with E-state index in [1.807, 2.05) is 68.7 Å². The molecule has 0 spiro atoms. The second kappa shape index (κ2) is 12.6. The molecule has 0 aliphatic rings. The first-order chi connectivity index (χ1) is 17.0. The van der Waals surface area contributed by atoms with Gasteiger partial charge in [-0.05, 0) is 57.4 Å². The number of nitrogens with zero attached hydrogens (tertiary/aromatic N) is 3. The predicted molar refractivity (Wildman–Crippen MR) is 148 cm³/mol. The summed E-state index contributed by atoms with van der Waals surface area (Å²) >= 11 is 1.46. The number of carbonyl (C=O) groups excluding carboxylic acids is 1.